The van der Waals surface area contributed by atoms with Crippen molar-refractivity contribution in [2.45, 2.75) is 111 Å². The molecule has 2 aliphatic heterocycles. The van der Waals surface area contributed by atoms with E-state index in [0.717, 1.165) is 44.5 Å². The van der Waals surface area contributed by atoms with Gasteiger partial charge >= 0.3 is 0 Å². The summed E-state index contributed by atoms with van der Waals surface area (Å²) in [5, 5.41) is 26.8. The highest BCUT2D eigenvalue weighted by atomic mass is 16.5. The van der Waals surface area contributed by atoms with Crippen LogP contribution in [0.4, 0.5) is 0 Å². The number of amides is 4. The first kappa shape index (κ1) is 44.7. The number of aryl methyl sites for hydroxylation is 1. The Morgan fingerprint density at radius 1 is 1.08 bits per heavy atom. The predicted octanol–water partition coefficient (Wildman–Crippen LogP) is 5.23. The molecule has 4 amide bonds. The summed E-state index contributed by atoms with van der Waals surface area (Å²) in [5.74, 6) is -2.27. The minimum Gasteiger partial charge on any atom is -0.508 e. The number of hydrogen-bond donors (Lipinski definition) is 4. The van der Waals surface area contributed by atoms with Gasteiger partial charge in [-0.15, -0.1) is 0 Å². The number of phenolic OH excluding ortho intramolecular Hbond substituents is 1. The van der Waals surface area contributed by atoms with Crippen molar-refractivity contribution in [2.24, 2.45) is 17.3 Å². The van der Waals surface area contributed by atoms with Gasteiger partial charge in [-0.25, -0.2) is 5.43 Å². The normalized spacial score (nSPS) is 22.6. The number of nitrogens with zero attached hydrogens (tertiary/aromatic N) is 5. The maximum Gasteiger partial charge on any atom is 0.259 e. The van der Waals surface area contributed by atoms with Crippen LogP contribution in [0.1, 0.15) is 83.7 Å². The van der Waals surface area contributed by atoms with Crippen LogP contribution in [0.3, 0.4) is 0 Å². The lowest BCUT2D eigenvalue weighted by Crippen LogP contribution is -2.63. The highest BCUT2D eigenvalue weighted by Crippen LogP contribution is 2.42. The summed E-state index contributed by atoms with van der Waals surface area (Å²) in [6.07, 6.45) is 2.87. The summed E-state index contributed by atoms with van der Waals surface area (Å²) in [7, 11) is 5.05. The summed E-state index contributed by atoms with van der Waals surface area (Å²) in [6.45, 7) is 13.6. The van der Waals surface area contributed by atoms with Crippen LogP contribution in [0.25, 0.3) is 33.3 Å². The molecular weight excluding hydrogens is 787 g/mol. The summed E-state index contributed by atoms with van der Waals surface area (Å²) in [5.41, 5.74) is 10.0. The summed E-state index contributed by atoms with van der Waals surface area (Å²) in [6, 6.07) is 12.9. The quantitative estimate of drug-likeness (QED) is 0.176. The number of likely N-dealkylation sites (N-methyl/N-ethyl adjacent to an activating group) is 2. The molecule has 332 valence electrons. The number of carbonyl (C=O) groups excluding carboxylic acids is 4. The van der Waals surface area contributed by atoms with Gasteiger partial charge in [-0.2, -0.15) is 0 Å². The van der Waals surface area contributed by atoms with Crippen LogP contribution in [0.15, 0.2) is 54.7 Å². The van der Waals surface area contributed by atoms with Crippen LogP contribution in [0.2, 0.25) is 0 Å². The van der Waals surface area contributed by atoms with Gasteiger partial charge in [0.05, 0.1) is 29.5 Å². The van der Waals surface area contributed by atoms with Crippen LogP contribution in [0, 0.1) is 17.3 Å². The van der Waals surface area contributed by atoms with Crippen LogP contribution in [-0.2, 0) is 43.3 Å². The van der Waals surface area contributed by atoms with Crippen molar-refractivity contribution in [2.75, 3.05) is 34.3 Å². The molecule has 6 bridgehead atoms. The monoisotopic (exact) mass is 849 g/mol. The maximum absolute atomic E-state index is 14.7. The molecule has 14 nitrogen and oxygen atoms in total. The van der Waals surface area contributed by atoms with Crippen molar-refractivity contribution in [1.29, 1.82) is 0 Å². The zero-order valence-corrected chi connectivity index (χ0v) is 37.6. The molecule has 4 N–H and O–H groups in total. The fraction of sp³-hybridized carbons (Fsp3) is 0.521. The van der Waals surface area contributed by atoms with Gasteiger partial charge in [0.25, 0.3) is 5.91 Å². The number of hydrazine groups is 1. The number of fused-ring (bicyclic) bond motifs is 6. The maximum atomic E-state index is 14.7. The fourth-order valence-electron chi connectivity index (χ4n) is 9.73. The molecule has 0 spiro atoms. The van der Waals surface area contributed by atoms with Crippen molar-refractivity contribution < 1.29 is 34.1 Å². The van der Waals surface area contributed by atoms with E-state index in [-0.39, 0.29) is 36.0 Å². The van der Waals surface area contributed by atoms with Gasteiger partial charge in [0.2, 0.25) is 17.7 Å². The van der Waals surface area contributed by atoms with Gasteiger partial charge in [0.15, 0.2) is 0 Å². The van der Waals surface area contributed by atoms with Gasteiger partial charge in [-0.05, 0) is 110 Å². The third-order valence-electron chi connectivity index (χ3n) is 12.9. The molecule has 3 aliphatic rings. The van der Waals surface area contributed by atoms with Crippen molar-refractivity contribution in [3.8, 4) is 28.1 Å². The molecule has 0 radical (unpaired) electrons. The molecule has 1 saturated heterocycles. The van der Waals surface area contributed by atoms with E-state index in [2.05, 4.69) is 54.3 Å². The summed E-state index contributed by atoms with van der Waals surface area (Å²) in [4.78, 5) is 64.4. The third-order valence-corrected chi connectivity index (χ3v) is 12.9. The first-order chi connectivity index (χ1) is 29.4. The number of hydrogen-bond acceptors (Lipinski definition) is 9. The molecular formula is C48H63N7O7. The zero-order valence-electron chi connectivity index (χ0n) is 37.6. The Kier molecular flexibility index (Phi) is 12.9. The number of aliphatic hydroxyl groups excluding tert-OH is 1. The van der Waals surface area contributed by atoms with Crippen LogP contribution < -0.4 is 10.7 Å². The first-order valence-corrected chi connectivity index (χ1v) is 22.0. The van der Waals surface area contributed by atoms with Gasteiger partial charge in [0, 0.05) is 69.9 Å². The Balaban J connectivity index is 1.37. The number of aliphatic hydroxyl groups is 1. The van der Waals surface area contributed by atoms with E-state index in [1.165, 1.54) is 9.91 Å². The number of phenols is 1. The molecule has 7 rings (SSSR count). The minimum absolute atomic E-state index is 0.00410. The lowest BCUT2D eigenvalue weighted by atomic mass is 9.82. The second-order valence-corrected chi connectivity index (χ2v) is 18.7. The molecule has 2 aromatic heterocycles. The SMILES string of the molecule is CCn1c(-c2cccnc2[C@H](C)OC)c2c3cc(ccc31)-c1cc(O)cc(c1)C[C@H](NC(=O)[C@H](C(C)C)N(C)C(=O)[C@@H]1C[C@H]1O)C(=O)N1CCC[C@H](N1)C(=O)N(C)CC(C)(C)C2. The zero-order chi connectivity index (χ0) is 44.8. The number of benzene rings is 2. The largest absolute Gasteiger partial charge is 0.508 e. The number of carbonyl (C=O) groups is 4. The number of ether oxygens (including phenoxy) is 1. The number of nitrogens with one attached hydrogen (secondary N) is 2. The lowest BCUT2D eigenvalue weighted by molar-refractivity contribution is -0.147. The number of aromatic hydroxyl groups is 1. The van der Waals surface area contributed by atoms with Crippen molar-refractivity contribution in [1.82, 2.24) is 35.1 Å². The van der Waals surface area contributed by atoms with Gasteiger partial charge < -0.3 is 34.6 Å². The molecule has 6 atom stereocenters. The molecule has 4 heterocycles. The first-order valence-electron chi connectivity index (χ1n) is 22.0. The standard InChI is InChI=1S/C48H63N7O7/c1-10-54-39-16-15-30-23-34(39)36(43(54)33-13-11-17-49-41(33)28(4)62-9)25-48(5,6)26-52(7)46(60)37-14-12-18-55(51-37)47(61)38(21-29-19-31(30)22-32(56)20-29)50-44(58)42(27(2)3)53(8)45(59)35-24-40(35)57/h11,13,15-17,19-20,22-23,27-28,35,37-38,40,42,51,56-57H,10,12,14,18,21,24-26H2,1-9H3,(H,50,58)/t28-,35+,37-,38-,40+,42-/m0/s1. The second kappa shape index (κ2) is 17.8. The molecule has 4 aromatic rings. The molecule has 14 heteroatoms. The van der Waals surface area contributed by atoms with E-state index in [1.807, 2.05) is 46.0 Å². The van der Waals surface area contributed by atoms with E-state index in [9.17, 15) is 29.4 Å². The van der Waals surface area contributed by atoms with Crippen molar-refractivity contribution >= 4 is 34.5 Å². The van der Waals surface area contributed by atoms with Gasteiger partial charge in [-0.3, -0.25) is 29.2 Å². The molecule has 2 aromatic carbocycles. The number of methoxy groups -OCH3 is 1. The number of pyridine rings is 1. The molecule has 1 aliphatic carbocycles. The van der Waals surface area contributed by atoms with E-state index in [1.54, 1.807) is 37.4 Å². The van der Waals surface area contributed by atoms with Crippen LogP contribution >= 0.6 is 0 Å². The Bertz CT molecular complexity index is 2360. The van der Waals surface area contributed by atoms with E-state index in [0.29, 0.717) is 50.9 Å². The average molecular weight is 850 g/mol. The van der Waals surface area contributed by atoms with Crippen molar-refractivity contribution in [3.05, 3.63) is 71.5 Å². The van der Waals surface area contributed by atoms with Gasteiger partial charge in [-0.1, -0.05) is 39.8 Å². The Morgan fingerprint density at radius 3 is 2.50 bits per heavy atom. The Labute approximate surface area is 364 Å². The number of aromatic nitrogens is 2. The van der Waals surface area contributed by atoms with Crippen LogP contribution in [0.5, 0.6) is 5.75 Å². The summed E-state index contributed by atoms with van der Waals surface area (Å²) >= 11 is 0. The fourth-order valence-corrected chi connectivity index (χ4v) is 9.73. The number of rotatable bonds is 9. The summed E-state index contributed by atoms with van der Waals surface area (Å²) < 4.78 is 8.14. The van der Waals surface area contributed by atoms with Crippen molar-refractivity contribution in [3.63, 3.8) is 0 Å². The van der Waals surface area contributed by atoms with E-state index >= 15 is 0 Å². The van der Waals surface area contributed by atoms with E-state index in [4.69, 9.17) is 9.72 Å². The Hall–Kier alpha value is -5.31. The highest BCUT2D eigenvalue weighted by Gasteiger charge is 2.46. The Morgan fingerprint density at radius 2 is 1.82 bits per heavy atom. The van der Waals surface area contributed by atoms with E-state index < -0.39 is 47.4 Å². The lowest BCUT2D eigenvalue weighted by Gasteiger charge is -2.39. The minimum atomic E-state index is -1.12. The highest BCUT2D eigenvalue weighted by molar-refractivity contribution is 5.96. The predicted molar refractivity (Wildman–Crippen MR) is 238 cm³/mol. The molecule has 0 unspecified atom stereocenters. The van der Waals surface area contributed by atoms with Gasteiger partial charge in [0.1, 0.15) is 23.9 Å². The molecule has 1 saturated carbocycles. The van der Waals surface area contributed by atoms with Crippen LogP contribution in [-0.4, -0.2) is 117 Å². The topological polar surface area (TPSA) is 170 Å². The smallest absolute Gasteiger partial charge is 0.259 e. The molecule has 2 fully saturated rings. The third kappa shape index (κ3) is 8.95. The molecule has 62 heavy (non-hydrogen) atoms. The second-order valence-electron chi connectivity index (χ2n) is 18.7. The average Bonchev–Trinajstić information content (AvgIpc) is 3.90.